The van der Waals surface area contributed by atoms with Gasteiger partial charge in [0.05, 0.1) is 10.6 Å². The quantitative estimate of drug-likeness (QED) is 0.918. The second kappa shape index (κ2) is 5.69. The van der Waals surface area contributed by atoms with Gasteiger partial charge in [-0.2, -0.15) is 0 Å². The van der Waals surface area contributed by atoms with E-state index in [0.717, 1.165) is 9.50 Å². The van der Waals surface area contributed by atoms with E-state index in [1.54, 1.807) is 6.20 Å². The Balaban J connectivity index is 2.24. The van der Waals surface area contributed by atoms with Gasteiger partial charge in [0, 0.05) is 16.9 Å². The second-order valence-electron chi connectivity index (χ2n) is 3.23. The minimum Gasteiger partial charge on any atom is -0.478 e. The molecular formula is C11H6BrClN2O2S. The van der Waals surface area contributed by atoms with Gasteiger partial charge in [-0.25, -0.2) is 14.8 Å². The van der Waals surface area contributed by atoms with Gasteiger partial charge < -0.3 is 5.11 Å². The largest absolute Gasteiger partial charge is 0.478 e. The van der Waals surface area contributed by atoms with Crippen molar-refractivity contribution < 1.29 is 9.90 Å². The van der Waals surface area contributed by atoms with Crippen molar-refractivity contribution in [3.8, 4) is 0 Å². The van der Waals surface area contributed by atoms with E-state index in [0.29, 0.717) is 10.0 Å². The molecule has 2 rings (SSSR count). The minimum absolute atomic E-state index is 0.0631. The normalized spacial score (nSPS) is 10.3. The lowest BCUT2D eigenvalue weighted by molar-refractivity contribution is 0.0696. The van der Waals surface area contributed by atoms with Crippen LogP contribution in [0.3, 0.4) is 0 Å². The van der Waals surface area contributed by atoms with Crippen LogP contribution in [0.1, 0.15) is 10.4 Å². The molecule has 0 aromatic carbocycles. The standard InChI is InChI=1S/C11H6BrClN2O2S/c12-7-1-2-9(14-5-7)18-10-8(13)3-6(4-15-10)11(16)17/h1-5H,(H,16,17). The van der Waals surface area contributed by atoms with E-state index in [2.05, 4.69) is 25.9 Å². The van der Waals surface area contributed by atoms with Crippen molar-refractivity contribution in [2.45, 2.75) is 10.1 Å². The van der Waals surface area contributed by atoms with Gasteiger partial charge in [-0.15, -0.1) is 0 Å². The average molecular weight is 346 g/mol. The molecule has 0 aliphatic rings. The number of carbonyl (C=O) groups is 1. The van der Waals surface area contributed by atoms with Crippen LogP contribution in [0.5, 0.6) is 0 Å². The van der Waals surface area contributed by atoms with Crippen LogP contribution < -0.4 is 0 Å². The van der Waals surface area contributed by atoms with Crippen molar-refractivity contribution in [1.82, 2.24) is 9.97 Å². The zero-order chi connectivity index (χ0) is 13.1. The first kappa shape index (κ1) is 13.3. The molecule has 0 aliphatic heterocycles. The average Bonchev–Trinajstić information content (AvgIpc) is 2.34. The van der Waals surface area contributed by atoms with Crippen molar-refractivity contribution in [2.75, 3.05) is 0 Å². The Morgan fingerprint density at radius 3 is 2.67 bits per heavy atom. The number of carboxylic acids is 1. The first-order valence-corrected chi connectivity index (χ1v) is 6.73. The van der Waals surface area contributed by atoms with Gasteiger partial charge in [0.1, 0.15) is 10.1 Å². The summed E-state index contributed by atoms with van der Waals surface area (Å²) in [5.41, 5.74) is 0.0631. The molecule has 0 bridgehead atoms. The fourth-order valence-electron chi connectivity index (χ4n) is 1.14. The molecule has 2 aromatic heterocycles. The first-order valence-electron chi connectivity index (χ1n) is 4.74. The number of pyridine rings is 2. The molecule has 0 saturated carbocycles. The van der Waals surface area contributed by atoms with Crippen molar-refractivity contribution >= 4 is 45.3 Å². The zero-order valence-electron chi connectivity index (χ0n) is 8.80. The van der Waals surface area contributed by atoms with Crippen LogP contribution in [0.15, 0.2) is 45.1 Å². The highest BCUT2D eigenvalue weighted by atomic mass is 79.9. The van der Waals surface area contributed by atoms with Crippen molar-refractivity contribution in [3.63, 3.8) is 0 Å². The fourth-order valence-corrected chi connectivity index (χ4v) is 2.36. The topological polar surface area (TPSA) is 63.1 Å². The predicted octanol–water partition coefficient (Wildman–Crippen LogP) is 3.74. The Kier molecular flexibility index (Phi) is 4.21. The van der Waals surface area contributed by atoms with Gasteiger partial charge in [0.25, 0.3) is 0 Å². The fraction of sp³-hybridized carbons (Fsp3) is 0. The molecule has 1 N–H and O–H groups in total. The van der Waals surface area contributed by atoms with Crippen LogP contribution in [-0.2, 0) is 0 Å². The van der Waals surface area contributed by atoms with Crippen LogP contribution in [0.2, 0.25) is 5.02 Å². The molecule has 4 nitrogen and oxygen atoms in total. The summed E-state index contributed by atoms with van der Waals surface area (Å²) in [7, 11) is 0. The molecule has 92 valence electrons. The molecule has 0 saturated heterocycles. The Labute approximate surface area is 121 Å². The van der Waals surface area contributed by atoms with E-state index in [1.165, 1.54) is 24.0 Å². The number of halogens is 2. The molecule has 7 heteroatoms. The Morgan fingerprint density at radius 2 is 2.11 bits per heavy atom. The monoisotopic (exact) mass is 344 g/mol. The third kappa shape index (κ3) is 3.22. The number of rotatable bonds is 3. The number of hydrogen-bond acceptors (Lipinski definition) is 4. The molecule has 18 heavy (non-hydrogen) atoms. The molecular weight excluding hydrogens is 340 g/mol. The van der Waals surface area contributed by atoms with Gasteiger partial charge in [0.2, 0.25) is 0 Å². The summed E-state index contributed by atoms with van der Waals surface area (Å²) in [6.45, 7) is 0. The van der Waals surface area contributed by atoms with Crippen LogP contribution in [0.4, 0.5) is 0 Å². The Hall–Kier alpha value is -1.11. The van der Waals surface area contributed by atoms with Crippen LogP contribution in [0.25, 0.3) is 0 Å². The van der Waals surface area contributed by atoms with E-state index in [4.69, 9.17) is 16.7 Å². The lowest BCUT2D eigenvalue weighted by atomic mass is 10.3. The highest BCUT2D eigenvalue weighted by Crippen LogP contribution is 2.31. The Bertz CT molecular complexity index is 592. The van der Waals surface area contributed by atoms with Crippen molar-refractivity contribution in [1.29, 1.82) is 0 Å². The van der Waals surface area contributed by atoms with Crippen LogP contribution in [-0.4, -0.2) is 21.0 Å². The van der Waals surface area contributed by atoms with Gasteiger partial charge in [-0.1, -0.05) is 11.6 Å². The molecule has 0 radical (unpaired) electrons. The van der Waals surface area contributed by atoms with Crippen molar-refractivity contribution in [3.05, 3.63) is 45.7 Å². The summed E-state index contributed by atoms with van der Waals surface area (Å²) in [4.78, 5) is 18.9. The summed E-state index contributed by atoms with van der Waals surface area (Å²) >= 11 is 10.5. The van der Waals surface area contributed by atoms with Gasteiger partial charge >= 0.3 is 5.97 Å². The molecule has 0 atom stereocenters. The molecule has 0 unspecified atom stereocenters. The molecule has 2 heterocycles. The van der Waals surface area contributed by atoms with Gasteiger partial charge in [-0.05, 0) is 45.9 Å². The predicted molar refractivity (Wildman–Crippen MR) is 72.3 cm³/mol. The number of aromatic nitrogens is 2. The van der Waals surface area contributed by atoms with Crippen LogP contribution in [0, 0.1) is 0 Å². The third-order valence-corrected chi connectivity index (χ3v) is 3.79. The number of hydrogen-bond donors (Lipinski definition) is 1. The van der Waals surface area contributed by atoms with E-state index in [1.807, 2.05) is 12.1 Å². The van der Waals surface area contributed by atoms with Crippen molar-refractivity contribution in [2.24, 2.45) is 0 Å². The van der Waals surface area contributed by atoms with E-state index in [9.17, 15) is 4.79 Å². The maximum absolute atomic E-state index is 10.7. The SMILES string of the molecule is O=C(O)c1cnc(Sc2ccc(Br)cn2)c(Cl)c1. The maximum Gasteiger partial charge on any atom is 0.337 e. The maximum atomic E-state index is 10.7. The van der Waals surface area contributed by atoms with Gasteiger partial charge in [-0.3, -0.25) is 0 Å². The molecule has 2 aromatic rings. The summed E-state index contributed by atoms with van der Waals surface area (Å²) in [6.07, 6.45) is 2.94. The summed E-state index contributed by atoms with van der Waals surface area (Å²) in [5, 5.41) is 10.3. The zero-order valence-corrected chi connectivity index (χ0v) is 12.0. The number of nitrogens with zero attached hydrogens (tertiary/aromatic N) is 2. The number of aromatic carboxylic acids is 1. The molecule has 0 fully saturated rings. The molecule has 0 amide bonds. The smallest absolute Gasteiger partial charge is 0.337 e. The molecule has 0 aliphatic carbocycles. The van der Waals surface area contributed by atoms with Gasteiger partial charge in [0.15, 0.2) is 0 Å². The van der Waals surface area contributed by atoms with E-state index in [-0.39, 0.29) is 5.56 Å². The highest BCUT2D eigenvalue weighted by Gasteiger charge is 2.10. The highest BCUT2D eigenvalue weighted by molar-refractivity contribution is 9.10. The van der Waals surface area contributed by atoms with Crippen LogP contribution >= 0.6 is 39.3 Å². The summed E-state index contributed by atoms with van der Waals surface area (Å²) < 4.78 is 0.882. The molecule has 0 spiro atoms. The lowest BCUT2D eigenvalue weighted by Crippen LogP contribution is -1.97. The lowest BCUT2D eigenvalue weighted by Gasteiger charge is -2.03. The summed E-state index contributed by atoms with van der Waals surface area (Å²) in [6, 6.07) is 5.05. The number of carboxylic acid groups (broad SMARTS) is 1. The van der Waals surface area contributed by atoms with E-state index >= 15 is 0 Å². The third-order valence-electron chi connectivity index (χ3n) is 1.96. The second-order valence-corrected chi connectivity index (χ2v) is 5.56. The minimum atomic E-state index is -1.05. The van der Waals surface area contributed by atoms with E-state index < -0.39 is 5.97 Å². The first-order chi connectivity index (χ1) is 8.56. The summed E-state index contributed by atoms with van der Waals surface area (Å²) in [5.74, 6) is -1.05. The Morgan fingerprint density at radius 1 is 1.33 bits per heavy atom.